The third-order valence-electron chi connectivity index (χ3n) is 4.46. The number of rotatable bonds is 4. The summed E-state index contributed by atoms with van der Waals surface area (Å²) < 4.78 is 31.4. The molecule has 1 amide bonds. The van der Waals surface area contributed by atoms with Crippen LogP contribution in [0, 0.1) is 0 Å². The number of thiazole rings is 1. The Balaban J connectivity index is 1.65. The number of nitrogens with zero attached hydrogens (tertiary/aromatic N) is 2. The van der Waals surface area contributed by atoms with Crippen LogP contribution in [0.3, 0.4) is 0 Å². The zero-order chi connectivity index (χ0) is 22.2. The summed E-state index contributed by atoms with van der Waals surface area (Å²) in [5.74, 6) is -0.467. The molecule has 6 nitrogen and oxygen atoms in total. The minimum Gasteiger partial charge on any atom is -0.318 e. The maximum Gasteiger partial charge on any atom is 0.279 e. The third kappa shape index (κ3) is 4.59. The number of halogens is 2. The Morgan fingerprint density at radius 1 is 1.10 bits per heavy atom. The van der Waals surface area contributed by atoms with E-state index in [1.165, 1.54) is 41.7 Å². The van der Waals surface area contributed by atoms with Crippen LogP contribution in [-0.4, -0.2) is 18.9 Å². The van der Waals surface area contributed by atoms with Crippen LogP contribution in [0.4, 0.5) is 5.69 Å². The molecule has 158 valence electrons. The van der Waals surface area contributed by atoms with Crippen LogP contribution in [0.25, 0.3) is 10.2 Å². The highest BCUT2D eigenvalue weighted by atomic mass is 79.9. The van der Waals surface area contributed by atoms with Crippen molar-refractivity contribution in [3.8, 4) is 0 Å². The van der Waals surface area contributed by atoms with Crippen LogP contribution in [-0.2, 0) is 17.1 Å². The first kappa shape index (κ1) is 21.8. The lowest BCUT2D eigenvalue weighted by molar-refractivity contribution is 0.0998. The number of anilines is 1. The van der Waals surface area contributed by atoms with E-state index in [2.05, 4.69) is 25.6 Å². The minimum absolute atomic E-state index is 0.0706. The van der Waals surface area contributed by atoms with Gasteiger partial charge in [-0.25, -0.2) is 8.42 Å². The van der Waals surface area contributed by atoms with Crippen molar-refractivity contribution in [2.24, 2.45) is 12.0 Å². The number of carbonyl (C=O) groups excluding carboxylic acids is 1. The number of hydrogen-bond acceptors (Lipinski definition) is 4. The van der Waals surface area contributed by atoms with E-state index in [1.54, 1.807) is 18.2 Å². The molecule has 3 aromatic carbocycles. The van der Waals surface area contributed by atoms with Gasteiger partial charge in [-0.1, -0.05) is 35.1 Å². The second-order valence-electron chi connectivity index (χ2n) is 6.59. The molecule has 0 unspecified atom stereocenters. The summed E-state index contributed by atoms with van der Waals surface area (Å²) in [5, 5.41) is 0.439. The maximum atomic E-state index is 12.8. The fraction of sp³-hybridized carbons (Fsp3) is 0.0476. The molecule has 0 spiro atoms. The number of nitrogens with one attached hydrogen (secondary N) is 1. The van der Waals surface area contributed by atoms with Crippen LogP contribution < -0.4 is 9.52 Å². The van der Waals surface area contributed by atoms with Crippen molar-refractivity contribution in [1.82, 2.24) is 4.57 Å². The zero-order valence-electron chi connectivity index (χ0n) is 16.0. The van der Waals surface area contributed by atoms with Crippen LogP contribution in [0.5, 0.6) is 0 Å². The van der Waals surface area contributed by atoms with Gasteiger partial charge in [-0.2, -0.15) is 4.99 Å². The molecular weight excluding hydrogens is 522 g/mol. The fourth-order valence-corrected chi connectivity index (χ4v) is 5.94. The molecule has 31 heavy (non-hydrogen) atoms. The van der Waals surface area contributed by atoms with E-state index >= 15 is 0 Å². The molecule has 0 saturated heterocycles. The summed E-state index contributed by atoms with van der Waals surface area (Å²) >= 11 is 10.7. The first-order chi connectivity index (χ1) is 14.7. The number of benzene rings is 3. The van der Waals surface area contributed by atoms with E-state index in [-0.39, 0.29) is 16.1 Å². The molecule has 0 atom stereocenters. The highest BCUT2D eigenvalue weighted by molar-refractivity contribution is 9.10. The molecule has 0 aliphatic rings. The molecule has 0 fully saturated rings. The first-order valence-electron chi connectivity index (χ1n) is 8.96. The predicted octanol–water partition coefficient (Wildman–Crippen LogP) is 5.20. The maximum absolute atomic E-state index is 12.8. The lowest BCUT2D eigenvalue weighted by atomic mass is 10.2. The summed E-state index contributed by atoms with van der Waals surface area (Å²) in [4.78, 5) is 17.6. The summed E-state index contributed by atoms with van der Waals surface area (Å²) in [7, 11) is -1.98. The van der Waals surface area contributed by atoms with Crippen LogP contribution >= 0.6 is 38.9 Å². The van der Waals surface area contributed by atoms with E-state index in [9.17, 15) is 13.2 Å². The number of amides is 1. The second-order valence-corrected chi connectivity index (χ2v) is 10.6. The van der Waals surface area contributed by atoms with Crippen molar-refractivity contribution in [2.75, 3.05) is 4.72 Å². The molecule has 0 saturated carbocycles. The standard InChI is InChI=1S/C21H15BrClN3O3S2/c1-26-19-17(22)6-3-7-18(19)30-21(26)24-20(27)13-4-2-5-15(12-13)25-31(28,29)16-10-8-14(23)9-11-16/h2-12,25H,1H3. The summed E-state index contributed by atoms with van der Waals surface area (Å²) in [6.45, 7) is 0. The third-order valence-corrected chi connectivity index (χ3v) is 7.84. The number of para-hydroxylation sites is 1. The summed E-state index contributed by atoms with van der Waals surface area (Å²) in [6, 6.07) is 17.9. The SMILES string of the molecule is Cn1c(=NC(=O)c2cccc(NS(=O)(=O)c3ccc(Cl)cc3)c2)sc2cccc(Br)c21. The Kier molecular flexibility index (Phi) is 6.02. The molecule has 0 aliphatic carbocycles. The van der Waals surface area contributed by atoms with E-state index in [4.69, 9.17) is 11.6 Å². The smallest absolute Gasteiger partial charge is 0.279 e. The van der Waals surface area contributed by atoms with Gasteiger partial charge in [-0.15, -0.1) is 0 Å². The van der Waals surface area contributed by atoms with Crippen molar-refractivity contribution in [2.45, 2.75) is 4.90 Å². The van der Waals surface area contributed by atoms with Gasteiger partial charge in [0, 0.05) is 27.8 Å². The van der Waals surface area contributed by atoms with Crippen molar-refractivity contribution < 1.29 is 13.2 Å². The lowest BCUT2D eigenvalue weighted by Gasteiger charge is -2.09. The molecule has 1 heterocycles. The number of sulfonamides is 1. The molecule has 0 aliphatic heterocycles. The van der Waals surface area contributed by atoms with E-state index in [0.29, 0.717) is 9.82 Å². The van der Waals surface area contributed by atoms with Gasteiger partial charge in [0.1, 0.15) is 0 Å². The predicted molar refractivity (Wildman–Crippen MR) is 127 cm³/mol. The van der Waals surface area contributed by atoms with Gasteiger partial charge in [0.15, 0.2) is 4.80 Å². The normalized spacial score (nSPS) is 12.3. The summed E-state index contributed by atoms with van der Waals surface area (Å²) in [5.41, 5.74) is 1.48. The van der Waals surface area contributed by atoms with Gasteiger partial charge in [0.25, 0.3) is 15.9 Å². The molecule has 4 aromatic rings. The summed E-state index contributed by atoms with van der Waals surface area (Å²) in [6.07, 6.45) is 0. The topological polar surface area (TPSA) is 80.5 Å². The number of hydrogen-bond donors (Lipinski definition) is 1. The second kappa shape index (κ2) is 8.58. The quantitative estimate of drug-likeness (QED) is 0.389. The van der Waals surface area contributed by atoms with Crippen LogP contribution in [0.15, 0.2) is 81.1 Å². The van der Waals surface area contributed by atoms with Crippen molar-refractivity contribution >= 4 is 70.7 Å². The van der Waals surface area contributed by atoms with Gasteiger partial charge >= 0.3 is 0 Å². The highest BCUT2D eigenvalue weighted by Crippen LogP contribution is 2.25. The Labute approximate surface area is 196 Å². The average Bonchev–Trinajstić information content (AvgIpc) is 3.04. The minimum atomic E-state index is -3.82. The van der Waals surface area contributed by atoms with Gasteiger partial charge < -0.3 is 4.57 Å². The number of aromatic nitrogens is 1. The van der Waals surface area contributed by atoms with Crippen molar-refractivity contribution in [3.63, 3.8) is 0 Å². The Morgan fingerprint density at radius 3 is 2.52 bits per heavy atom. The zero-order valence-corrected chi connectivity index (χ0v) is 20.0. The molecule has 1 N–H and O–H groups in total. The van der Waals surface area contributed by atoms with Gasteiger partial charge in [-0.3, -0.25) is 9.52 Å². The van der Waals surface area contributed by atoms with Gasteiger partial charge in [0.05, 0.1) is 15.1 Å². The lowest BCUT2D eigenvalue weighted by Crippen LogP contribution is -2.14. The monoisotopic (exact) mass is 535 g/mol. The first-order valence-corrected chi connectivity index (χ1v) is 12.4. The Bertz CT molecular complexity index is 1480. The van der Waals surface area contributed by atoms with E-state index in [0.717, 1.165) is 14.7 Å². The van der Waals surface area contributed by atoms with Crippen molar-refractivity contribution in [1.29, 1.82) is 0 Å². The fourth-order valence-electron chi connectivity index (χ4n) is 2.96. The molecule has 4 rings (SSSR count). The largest absolute Gasteiger partial charge is 0.318 e. The Morgan fingerprint density at radius 2 is 1.81 bits per heavy atom. The molecule has 10 heteroatoms. The average molecular weight is 537 g/mol. The highest BCUT2D eigenvalue weighted by Gasteiger charge is 2.15. The van der Waals surface area contributed by atoms with Crippen LogP contribution in [0.1, 0.15) is 10.4 Å². The molecule has 1 aromatic heterocycles. The molecule has 0 radical (unpaired) electrons. The molecule has 0 bridgehead atoms. The van der Waals surface area contributed by atoms with E-state index < -0.39 is 15.9 Å². The van der Waals surface area contributed by atoms with Crippen molar-refractivity contribution in [3.05, 3.63) is 86.6 Å². The van der Waals surface area contributed by atoms with Gasteiger partial charge in [-0.05, 0) is 70.5 Å². The van der Waals surface area contributed by atoms with E-state index in [1.807, 2.05) is 29.8 Å². The number of carbonyl (C=O) groups is 1. The number of fused-ring (bicyclic) bond motifs is 1. The van der Waals surface area contributed by atoms with Crippen LogP contribution in [0.2, 0.25) is 5.02 Å². The number of aryl methyl sites for hydroxylation is 1. The van der Waals surface area contributed by atoms with Gasteiger partial charge in [0.2, 0.25) is 0 Å². The molecular formula is C21H15BrClN3O3S2. The Hall–Kier alpha value is -2.46.